The molecule has 0 saturated carbocycles. The van der Waals surface area contributed by atoms with E-state index in [2.05, 4.69) is 139 Å². The van der Waals surface area contributed by atoms with E-state index in [4.69, 9.17) is 0 Å². The zero-order valence-corrected chi connectivity index (χ0v) is 27.0. The van der Waals surface area contributed by atoms with Gasteiger partial charge in [-0.15, -0.1) is 0 Å². The largest absolute Gasteiger partial charge is 0.368 e. The van der Waals surface area contributed by atoms with Gasteiger partial charge in [-0.25, -0.2) is 0 Å². The molecule has 41 heavy (non-hydrogen) atoms. The highest BCUT2D eigenvalue weighted by atomic mass is 28.3. The minimum absolute atomic E-state index is 0.403. The fraction of sp³-hybridized carbons (Fsp3) is 0.243. The molecule has 2 nitrogen and oxygen atoms in total. The second-order valence-electron chi connectivity index (χ2n) is 14.0. The summed E-state index contributed by atoms with van der Waals surface area (Å²) in [6, 6.07) is 36.0. The molecule has 0 N–H and O–H groups in total. The van der Waals surface area contributed by atoms with Crippen LogP contribution >= 0.6 is 0 Å². The predicted molar refractivity (Wildman–Crippen MR) is 181 cm³/mol. The zero-order valence-electron chi connectivity index (χ0n) is 25.0. The minimum Gasteiger partial charge on any atom is -0.368 e. The maximum absolute atomic E-state index is 2.85. The van der Waals surface area contributed by atoms with Gasteiger partial charge in [0.25, 0.3) is 0 Å². The van der Waals surface area contributed by atoms with Crippen LogP contribution < -0.4 is 0 Å². The van der Waals surface area contributed by atoms with Crippen LogP contribution in [0.5, 0.6) is 0 Å². The van der Waals surface area contributed by atoms with Crippen molar-refractivity contribution in [1.29, 1.82) is 0 Å². The van der Waals surface area contributed by atoms with Gasteiger partial charge in [-0.3, -0.25) is 0 Å². The topological polar surface area (TPSA) is 9.86 Å². The molecule has 0 radical (unpaired) electrons. The molecule has 0 aliphatic heterocycles. The van der Waals surface area contributed by atoms with E-state index in [1.54, 1.807) is 5.56 Å². The zero-order chi connectivity index (χ0) is 28.3. The molecule has 0 amide bonds. The Hall–Kier alpha value is -3.61. The van der Waals surface area contributed by atoms with Crippen molar-refractivity contribution in [3.8, 4) is 22.5 Å². The van der Waals surface area contributed by atoms with Crippen LogP contribution in [0, 0.1) is 6.92 Å². The van der Waals surface area contributed by atoms with Gasteiger partial charge in [-0.2, -0.15) is 0 Å². The molecule has 1 unspecified atom stereocenters. The van der Waals surface area contributed by atoms with Crippen LogP contribution in [0.25, 0.3) is 44.3 Å². The van der Waals surface area contributed by atoms with Crippen molar-refractivity contribution in [2.75, 3.05) is 0 Å². The van der Waals surface area contributed by atoms with Gasteiger partial charge >= 0.3 is 0 Å². The predicted octanol–water partition coefficient (Wildman–Crippen LogP) is 10.0. The average molecular weight is 567 g/mol. The molecule has 2 aliphatic rings. The summed E-state index contributed by atoms with van der Waals surface area (Å²) in [6.07, 6.45) is 1.04. The SMILES string of the molecule is Cc1ccc2c(c1)c1c(n2[Si](C)(C)CC2c3ccccc3-c3c2c2ccccc2n3[Si](C)(C)C)-c2ccccc2C1. The molecule has 0 fully saturated rings. The van der Waals surface area contributed by atoms with Crippen LogP contribution in [-0.4, -0.2) is 24.9 Å². The molecule has 4 heteroatoms. The Kier molecular flexibility index (Phi) is 5.19. The summed E-state index contributed by atoms with van der Waals surface area (Å²) in [6.45, 7) is 14.9. The van der Waals surface area contributed by atoms with Crippen LogP contribution in [-0.2, 0) is 6.42 Å². The Balaban J connectivity index is 1.37. The molecule has 2 aromatic heterocycles. The smallest absolute Gasteiger partial charge is 0.157 e. The number of rotatable bonds is 4. The van der Waals surface area contributed by atoms with E-state index in [1.807, 2.05) is 0 Å². The molecule has 0 saturated heterocycles. The number of aryl methyl sites for hydroxylation is 1. The summed E-state index contributed by atoms with van der Waals surface area (Å²) >= 11 is 0. The summed E-state index contributed by atoms with van der Waals surface area (Å²) in [4.78, 5) is 0. The lowest BCUT2D eigenvalue weighted by atomic mass is 9.97. The number of benzene rings is 4. The summed E-state index contributed by atoms with van der Waals surface area (Å²) in [7, 11) is -3.73. The van der Waals surface area contributed by atoms with E-state index < -0.39 is 16.5 Å². The van der Waals surface area contributed by atoms with E-state index in [0.717, 1.165) is 6.42 Å². The normalized spacial score (nSPS) is 15.8. The van der Waals surface area contributed by atoms with Gasteiger partial charge in [0.05, 0.1) is 0 Å². The monoisotopic (exact) mass is 566 g/mol. The molecule has 2 heterocycles. The molecule has 2 aliphatic carbocycles. The van der Waals surface area contributed by atoms with Crippen molar-refractivity contribution in [3.63, 3.8) is 0 Å². The molecule has 0 bridgehead atoms. The molecular formula is C37H38N2Si2. The molecular weight excluding hydrogens is 529 g/mol. The van der Waals surface area contributed by atoms with Crippen molar-refractivity contribution in [2.45, 2.75) is 58.0 Å². The number of nitrogens with zero attached hydrogens (tertiary/aromatic N) is 2. The fourth-order valence-corrected chi connectivity index (χ4v) is 13.4. The molecule has 0 spiro atoms. The molecule has 204 valence electrons. The third kappa shape index (κ3) is 3.47. The lowest BCUT2D eigenvalue weighted by Gasteiger charge is -2.31. The lowest BCUT2D eigenvalue weighted by molar-refractivity contribution is 0.915. The molecule has 6 aromatic rings. The van der Waals surface area contributed by atoms with Crippen molar-refractivity contribution >= 4 is 38.3 Å². The number of hydrogen-bond acceptors (Lipinski definition) is 0. The van der Waals surface area contributed by atoms with Crippen molar-refractivity contribution in [3.05, 3.63) is 119 Å². The highest BCUT2D eigenvalue weighted by Crippen LogP contribution is 2.54. The first kappa shape index (κ1) is 25.1. The molecule has 8 rings (SSSR count). The van der Waals surface area contributed by atoms with Gasteiger partial charge in [0.15, 0.2) is 16.5 Å². The van der Waals surface area contributed by atoms with Gasteiger partial charge in [-0.1, -0.05) is 111 Å². The quantitative estimate of drug-likeness (QED) is 0.188. The van der Waals surface area contributed by atoms with Crippen LogP contribution in [0.1, 0.15) is 33.7 Å². The first-order valence-corrected chi connectivity index (χ1v) is 21.7. The Morgan fingerprint density at radius 1 is 0.683 bits per heavy atom. The van der Waals surface area contributed by atoms with Crippen molar-refractivity contribution < 1.29 is 0 Å². The van der Waals surface area contributed by atoms with Crippen LogP contribution in [0.2, 0.25) is 38.8 Å². The van der Waals surface area contributed by atoms with E-state index in [1.165, 1.54) is 72.6 Å². The molecule has 1 atom stereocenters. The summed E-state index contributed by atoms with van der Waals surface area (Å²) in [5, 5.41) is 2.92. The standard InChI is InChI=1S/C37H38N2Si2/c1-24-19-20-34-30(21-24)31-22-25-13-7-8-14-26(25)36(31)39(34)41(5,6)23-32-27-15-9-10-16-28(27)37-35(32)29-17-11-12-18-33(29)38(37)40(2,3)4/h7-21,32H,22-23H2,1-6H3. The summed E-state index contributed by atoms with van der Waals surface area (Å²) < 4.78 is 5.61. The van der Waals surface area contributed by atoms with Crippen LogP contribution in [0.4, 0.5) is 0 Å². The van der Waals surface area contributed by atoms with E-state index in [9.17, 15) is 0 Å². The second-order valence-corrected chi connectivity index (χ2v) is 23.2. The number of fused-ring (bicyclic) bond motifs is 10. The van der Waals surface area contributed by atoms with Gasteiger partial charge in [0.2, 0.25) is 0 Å². The Morgan fingerprint density at radius 3 is 2.17 bits per heavy atom. The summed E-state index contributed by atoms with van der Waals surface area (Å²) in [5.41, 5.74) is 16.2. The second kappa shape index (κ2) is 8.46. The highest BCUT2D eigenvalue weighted by Gasteiger charge is 2.42. The van der Waals surface area contributed by atoms with E-state index in [0.29, 0.717) is 5.92 Å². The fourth-order valence-electron chi connectivity index (χ4n) is 8.21. The number of para-hydroxylation sites is 1. The minimum atomic E-state index is -2.04. The van der Waals surface area contributed by atoms with Crippen molar-refractivity contribution in [2.24, 2.45) is 0 Å². The summed E-state index contributed by atoms with van der Waals surface area (Å²) in [5.74, 6) is 0.403. The van der Waals surface area contributed by atoms with Gasteiger partial charge in [0.1, 0.15) is 0 Å². The van der Waals surface area contributed by atoms with Gasteiger partial charge in [-0.05, 0) is 53.4 Å². The van der Waals surface area contributed by atoms with E-state index >= 15 is 0 Å². The molecule has 4 aromatic carbocycles. The van der Waals surface area contributed by atoms with Crippen LogP contribution in [0.3, 0.4) is 0 Å². The maximum atomic E-state index is 2.85. The van der Waals surface area contributed by atoms with Crippen LogP contribution in [0.15, 0.2) is 91.0 Å². The number of hydrogen-bond donors (Lipinski definition) is 0. The highest BCUT2D eigenvalue weighted by molar-refractivity contribution is 6.77. The first-order valence-electron chi connectivity index (χ1n) is 15.1. The van der Waals surface area contributed by atoms with Gasteiger partial charge in [0, 0.05) is 56.7 Å². The first-order chi connectivity index (χ1) is 19.6. The third-order valence-electron chi connectivity index (χ3n) is 9.70. The third-order valence-corrected chi connectivity index (χ3v) is 14.6. The Morgan fingerprint density at radius 2 is 1.37 bits per heavy atom. The Bertz CT molecular complexity index is 2030. The van der Waals surface area contributed by atoms with Gasteiger partial charge < -0.3 is 8.47 Å². The Labute approximate surface area is 245 Å². The van der Waals surface area contributed by atoms with Crippen molar-refractivity contribution in [1.82, 2.24) is 8.47 Å². The maximum Gasteiger partial charge on any atom is 0.157 e. The average Bonchev–Trinajstić information content (AvgIpc) is 3.65. The van der Waals surface area contributed by atoms with E-state index in [-0.39, 0.29) is 0 Å². The lowest BCUT2D eigenvalue weighted by Crippen LogP contribution is -2.38. The number of aromatic nitrogens is 2.